The van der Waals surface area contributed by atoms with Crippen LogP contribution in [0.5, 0.6) is 0 Å². The first-order valence-corrected chi connectivity index (χ1v) is 5.48. The molecule has 2 rings (SSSR count). The predicted octanol–water partition coefficient (Wildman–Crippen LogP) is 2.24. The van der Waals surface area contributed by atoms with Gasteiger partial charge in [0, 0.05) is 11.6 Å². The molecule has 3 nitrogen and oxygen atoms in total. The van der Waals surface area contributed by atoms with Crippen LogP contribution in [-0.2, 0) is 6.42 Å². The Morgan fingerprint density at radius 3 is 3.00 bits per heavy atom. The highest BCUT2D eigenvalue weighted by atomic mass is 16.1. The quantitative estimate of drug-likeness (QED) is 0.762. The molecule has 0 fully saturated rings. The Morgan fingerprint density at radius 1 is 1.47 bits per heavy atom. The minimum atomic E-state index is -0.0287. The molecule has 0 aliphatic heterocycles. The Kier molecular flexibility index (Phi) is 2.71. The summed E-state index contributed by atoms with van der Waals surface area (Å²) in [7, 11) is 0. The van der Waals surface area contributed by atoms with Gasteiger partial charge >= 0.3 is 0 Å². The van der Waals surface area contributed by atoms with Crippen LogP contribution in [0.3, 0.4) is 0 Å². The summed E-state index contributed by atoms with van der Waals surface area (Å²) in [5.74, 6) is 0.177. The van der Waals surface area contributed by atoms with Gasteiger partial charge in [-0.25, -0.2) is 4.98 Å². The van der Waals surface area contributed by atoms with Crippen molar-refractivity contribution >= 4 is 6.08 Å². The van der Waals surface area contributed by atoms with Crippen molar-refractivity contribution in [1.29, 1.82) is 0 Å². The third-order valence-electron chi connectivity index (χ3n) is 2.67. The van der Waals surface area contributed by atoms with Crippen LogP contribution in [0.1, 0.15) is 49.7 Å². The van der Waals surface area contributed by atoms with E-state index in [2.05, 4.69) is 16.0 Å². The summed E-state index contributed by atoms with van der Waals surface area (Å²) >= 11 is 0. The lowest BCUT2D eigenvalue weighted by Crippen LogP contribution is -2.19. The molecule has 0 saturated heterocycles. The minimum Gasteiger partial charge on any atom is -0.323 e. The summed E-state index contributed by atoms with van der Waals surface area (Å²) in [6.45, 7) is 3.98. The van der Waals surface area contributed by atoms with Gasteiger partial charge in [-0.2, -0.15) is 0 Å². The standard InChI is InChI=1S/C12H16N2O/c1-8(2)11-12(15)14-10-7-5-3-4-6-9(10)13-11/h4,6,8H,3,5,7H2,1-2H3,(H,14,15). The van der Waals surface area contributed by atoms with Crippen molar-refractivity contribution in [1.82, 2.24) is 9.97 Å². The average molecular weight is 204 g/mol. The molecule has 0 amide bonds. The van der Waals surface area contributed by atoms with Crippen LogP contribution in [0.4, 0.5) is 0 Å². The van der Waals surface area contributed by atoms with Crippen molar-refractivity contribution < 1.29 is 0 Å². The summed E-state index contributed by atoms with van der Waals surface area (Å²) in [5, 5.41) is 0. The van der Waals surface area contributed by atoms with E-state index in [1.807, 2.05) is 19.9 Å². The van der Waals surface area contributed by atoms with Crippen molar-refractivity contribution in [3.8, 4) is 0 Å². The lowest BCUT2D eigenvalue weighted by atomic mass is 10.1. The zero-order valence-electron chi connectivity index (χ0n) is 9.21. The maximum absolute atomic E-state index is 11.7. The molecular formula is C12H16N2O. The summed E-state index contributed by atoms with van der Waals surface area (Å²) < 4.78 is 0. The van der Waals surface area contributed by atoms with Gasteiger partial charge in [0.15, 0.2) is 0 Å². The number of aromatic nitrogens is 2. The van der Waals surface area contributed by atoms with Crippen molar-refractivity contribution in [2.24, 2.45) is 0 Å². The first-order chi connectivity index (χ1) is 7.18. The van der Waals surface area contributed by atoms with Crippen molar-refractivity contribution in [3.63, 3.8) is 0 Å². The molecule has 1 aromatic heterocycles. The number of hydrogen-bond acceptors (Lipinski definition) is 2. The van der Waals surface area contributed by atoms with Gasteiger partial charge in [-0.3, -0.25) is 4.79 Å². The fourth-order valence-corrected chi connectivity index (χ4v) is 1.82. The fraction of sp³-hybridized carbons (Fsp3) is 0.500. The second-order valence-corrected chi connectivity index (χ2v) is 4.26. The van der Waals surface area contributed by atoms with E-state index in [4.69, 9.17) is 0 Å². The van der Waals surface area contributed by atoms with Gasteiger partial charge in [-0.1, -0.05) is 19.9 Å². The molecule has 0 bridgehead atoms. The predicted molar refractivity (Wildman–Crippen MR) is 60.9 cm³/mol. The Balaban J connectivity index is 2.55. The molecule has 3 heteroatoms. The van der Waals surface area contributed by atoms with Gasteiger partial charge in [0.2, 0.25) is 0 Å². The molecule has 15 heavy (non-hydrogen) atoms. The van der Waals surface area contributed by atoms with Gasteiger partial charge in [-0.05, 0) is 25.3 Å². The summed E-state index contributed by atoms with van der Waals surface area (Å²) in [6.07, 6.45) is 7.21. The van der Waals surface area contributed by atoms with Gasteiger partial charge in [0.1, 0.15) is 5.69 Å². The van der Waals surface area contributed by atoms with Gasteiger partial charge in [0.05, 0.1) is 5.69 Å². The number of H-pyrrole nitrogens is 1. The van der Waals surface area contributed by atoms with E-state index >= 15 is 0 Å². The zero-order chi connectivity index (χ0) is 10.8. The number of aryl methyl sites for hydroxylation is 1. The molecule has 1 aliphatic rings. The van der Waals surface area contributed by atoms with Crippen LogP contribution in [-0.4, -0.2) is 9.97 Å². The molecule has 0 atom stereocenters. The van der Waals surface area contributed by atoms with E-state index in [9.17, 15) is 4.79 Å². The van der Waals surface area contributed by atoms with Gasteiger partial charge in [0.25, 0.3) is 5.56 Å². The Morgan fingerprint density at radius 2 is 2.27 bits per heavy atom. The SMILES string of the molecule is CC(C)c1nc2c([nH]c1=O)CCCC=C2. The maximum Gasteiger partial charge on any atom is 0.270 e. The molecule has 1 N–H and O–H groups in total. The Hall–Kier alpha value is -1.38. The first kappa shape index (κ1) is 10.1. The summed E-state index contributed by atoms with van der Waals surface area (Å²) in [6, 6.07) is 0. The van der Waals surface area contributed by atoms with E-state index in [1.165, 1.54) is 0 Å². The largest absolute Gasteiger partial charge is 0.323 e. The van der Waals surface area contributed by atoms with Gasteiger partial charge < -0.3 is 4.98 Å². The number of fused-ring (bicyclic) bond motifs is 1. The molecule has 0 radical (unpaired) electrons. The lowest BCUT2D eigenvalue weighted by molar-refractivity contribution is 0.762. The highest BCUT2D eigenvalue weighted by Gasteiger charge is 2.12. The topological polar surface area (TPSA) is 45.8 Å². The van der Waals surface area contributed by atoms with Crippen LogP contribution < -0.4 is 5.56 Å². The van der Waals surface area contributed by atoms with Crippen LogP contribution in [0.25, 0.3) is 6.08 Å². The number of nitrogens with zero attached hydrogens (tertiary/aromatic N) is 1. The molecule has 1 heterocycles. The monoisotopic (exact) mass is 204 g/mol. The van der Waals surface area contributed by atoms with E-state index in [0.29, 0.717) is 5.69 Å². The Labute approximate surface area is 89.3 Å². The third kappa shape index (κ3) is 2.01. The van der Waals surface area contributed by atoms with Crippen LogP contribution in [0.15, 0.2) is 10.9 Å². The number of rotatable bonds is 1. The van der Waals surface area contributed by atoms with E-state index < -0.39 is 0 Å². The number of aromatic amines is 1. The number of nitrogens with one attached hydrogen (secondary N) is 1. The minimum absolute atomic E-state index is 0.0287. The molecule has 1 aromatic rings. The average Bonchev–Trinajstić information content (AvgIpc) is 2.40. The zero-order valence-corrected chi connectivity index (χ0v) is 9.21. The van der Waals surface area contributed by atoms with Crippen molar-refractivity contribution in [2.75, 3.05) is 0 Å². The number of hydrogen-bond donors (Lipinski definition) is 1. The van der Waals surface area contributed by atoms with Crippen LogP contribution in [0, 0.1) is 0 Å². The van der Waals surface area contributed by atoms with E-state index in [-0.39, 0.29) is 11.5 Å². The highest BCUT2D eigenvalue weighted by molar-refractivity contribution is 5.48. The van der Waals surface area contributed by atoms with E-state index in [1.54, 1.807) is 0 Å². The molecule has 0 unspecified atom stereocenters. The normalized spacial score (nSPS) is 15.1. The molecule has 1 aliphatic carbocycles. The first-order valence-electron chi connectivity index (χ1n) is 5.48. The van der Waals surface area contributed by atoms with E-state index in [0.717, 1.165) is 30.7 Å². The maximum atomic E-state index is 11.7. The molecular weight excluding hydrogens is 188 g/mol. The molecule has 0 spiro atoms. The summed E-state index contributed by atoms with van der Waals surface area (Å²) in [4.78, 5) is 19.1. The highest BCUT2D eigenvalue weighted by Crippen LogP contribution is 2.15. The molecule has 0 aromatic carbocycles. The third-order valence-corrected chi connectivity index (χ3v) is 2.67. The second kappa shape index (κ2) is 4.01. The smallest absolute Gasteiger partial charge is 0.270 e. The number of allylic oxidation sites excluding steroid dienone is 1. The lowest BCUT2D eigenvalue weighted by Gasteiger charge is -2.07. The fourth-order valence-electron chi connectivity index (χ4n) is 1.82. The van der Waals surface area contributed by atoms with Gasteiger partial charge in [-0.15, -0.1) is 0 Å². The van der Waals surface area contributed by atoms with Crippen molar-refractivity contribution in [2.45, 2.75) is 39.0 Å². The second-order valence-electron chi connectivity index (χ2n) is 4.26. The van der Waals surface area contributed by atoms with Crippen LogP contribution >= 0.6 is 0 Å². The molecule has 0 saturated carbocycles. The van der Waals surface area contributed by atoms with Crippen LogP contribution in [0.2, 0.25) is 0 Å². The van der Waals surface area contributed by atoms with Crippen molar-refractivity contribution in [3.05, 3.63) is 33.5 Å². The molecule has 80 valence electrons. The Bertz CT molecular complexity index is 443. The summed E-state index contributed by atoms with van der Waals surface area (Å²) in [5.41, 5.74) is 2.54.